The van der Waals surface area contributed by atoms with E-state index >= 15 is 0 Å². The minimum atomic E-state index is -0.352. The van der Waals surface area contributed by atoms with E-state index in [1.165, 1.54) is 0 Å². The number of aromatic nitrogens is 6. The van der Waals surface area contributed by atoms with Crippen molar-refractivity contribution in [1.29, 1.82) is 0 Å². The van der Waals surface area contributed by atoms with Crippen LogP contribution >= 0.6 is 0 Å². The van der Waals surface area contributed by atoms with Crippen molar-refractivity contribution < 1.29 is 4.79 Å². The Balaban J connectivity index is 1.89. The number of fused-ring (bicyclic) bond motifs is 1. The van der Waals surface area contributed by atoms with Crippen molar-refractivity contribution >= 4 is 17.5 Å². The molecule has 4 aromatic rings. The molecule has 0 radical (unpaired) electrons. The van der Waals surface area contributed by atoms with E-state index in [0.717, 1.165) is 16.7 Å². The maximum Gasteiger partial charge on any atom is 0.277 e. The second kappa shape index (κ2) is 5.82. The monoisotopic (exact) mass is 333 g/mol. The predicted molar refractivity (Wildman–Crippen MR) is 92.2 cm³/mol. The lowest BCUT2D eigenvalue weighted by molar-refractivity contribution is 0.102. The van der Waals surface area contributed by atoms with Gasteiger partial charge in [-0.15, -0.1) is 5.10 Å². The molecule has 0 fully saturated rings. The van der Waals surface area contributed by atoms with Gasteiger partial charge in [-0.1, -0.05) is 41.0 Å². The molecular formula is C17H15N7O. The molecular weight excluding hydrogens is 318 g/mol. The van der Waals surface area contributed by atoms with Crippen molar-refractivity contribution in [3.8, 4) is 11.3 Å². The molecule has 1 aromatic carbocycles. The van der Waals surface area contributed by atoms with Crippen molar-refractivity contribution in [2.75, 3.05) is 5.32 Å². The first-order valence-corrected chi connectivity index (χ1v) is 7.72. The van der Waals surface area contributed by atoms with E-state index in [2.05, 4.69) is 30.9 Å². The number of rotatable bonds is 3. The molecule has 0 spiro atoms. The van der Waals surface area contributed by atoms with Crippen molar-refractivity contribution in [3.05, 3.63) is 59.4 Å². The highest BCUT2D eigenvalue weighted by atomic mass is 16.2. The Labute approximate surface area is 142 Å². The summed E-state index contributed by atoms with van der Waals surface area (Å²) in [5, 5.41) is 15.9. The lowest BCUT2D eigenvalue weighted by Crippen LogP contribution is -2.16. The quantitative estimate of drug-likeness (QED) is 0.599. The topological polar surface area (TPSA) is 101 Å². The van der Waals surface area contributed by atoms with Crippen LogP contribution in [0.1, 0.15) is 21.6 Å². The number of pyridine rings is 1. The molecule has 3 aromatic heterocycles. The summed E-state index contributed by atoms with van der Waals surface area (Å²) in [6.45, 7) is 3.98. The average molecular weight is 333 g/mol. The molecule has 0 aliphatic rings. The maximum atomic E-state index is 12.9. The van der Waals surface area contributed by atoms with E-state index in [1.54, 1.807) is 4.40 Å². The van der Waals surface area contributed by atoms with E-state index in [4.69, 9.17) is 0 Å². The van der Waals surface area contributed by atoms with Gasteiger partial charge in [0.25, 0.3) is 11.9 Å². The number of nitrogens with zero attached hydrogens (tertiary/aromatic N) is 5. The lowest BCUT2D eigenvalue weighted by atomic mass is 10.1. The zero-order valence-electron chi connectivity index (χ0n) is 13.7. The van der Waals surface area contributed by atoms with Crippen LogP contribution in [0, 0.1) is 13.8 Å². The van der Waals surface area contributed by atoms with Gasteiger partial charge in [0, 0.05) is 11.8 Å². The van der Waals surface area contributed by atoms with Crippen LogP contribution in [0.3, 0.4) is 0 Å². The van der Waals surface area contributed by atoms with Gasteiger partial charge in [0.2, 0.25) is 0 Å². The molecule has 124 valence electrons. The summed E-state index contributed by atoms with van der Waals surface area (Å²) in [6.07, 6.45) is 1.88. The van der Waals surface area contributed by atoms with Gasteiger partial charge in [0.15, 0.2) is 0 Å². The number of H-pyrrole nitrogens is 1. The van der Waals surface area contributed by atoms with Gasteiger partial charge < -0.3 is 0 Å². The Morgan fingerprint density at radius 3 is 2.56 bits per heavy atom. The molecule has 0 unspecified atom stereocenters. The molecule has 3 heterocycles. The van der Waals surface area contributed by atoms with Gasteiger partial charge in [-0.2, -0.15) is 5.21 Å². The van der Waals surface area contributed by atoms with E-state index in [0.29, 0.717) is 17.0 Å². The number of anilines is 1. The fraction of sp³-hybridized carbons (Fsp3) is 0.118. The molecule has 4 rings (SSSR count). The van der Waals surface area contributed by atoms with E-state index in [1.807, 2.05) is 56.4 Å². The molecule has 25 heavy (non-hydrogen) atoms. The molecule has 8 nitrogen and oxygen atoms in total. The number of carbonyl (C=O) groups is 1. The summed E-state index contributed by atoms with van der Waals surface area (Å²) in [5.41, 5.74) is 4.75. The van der Waals surface area contributed by atoms with Crippen LogP contribution in [0.2, 0.25) is 0 Å². The first kappa shape index (κ1) is 15.0. The van der Waals surface area contributed by atoms with Crippen LogP contribution in [0.5, 0.6) is 0 Å². The lowest BCUT2D eigenvalue weighted by Gasteiger charge is -2.05. The summed E-state index contributed by atoms with van der Waals surface area (Å²) in [6, 6.07) is 11.7. The summed E-state index contributed by atoms with van der Waals surface area (Å²) in [7, 11) is 0. The van der Waals surface area contributed by atoms with Crippen molar-refractivity contribution in [2.24, 2.45) is 0 Å². The molecule has 0 atom stereocenters. The minimum absolute atomic E-state index is 0.113. The first-order valence-electron chi connectivity index (χ1n) is 7.72. The molecule has 0 saturated carbocycles. The molecule has 0 aliphatic carbocycles. The highest BCUT2D eigenvalue weighted by molar-refractivity contribution is 6.07. The normalized spacial score (nSPS) is 11.0. The van der Waals surface area contributed by atoms with Gasteiger partial charge in [0.05, 0.1) is 0 Å². The zero-order chi connectivity index (χ0) is 17.4. The third-order valence-electron chi connectivity index (χ3n) is 3.88. The highest BCUT2D eigenvalue weighted by Crippen LogP contribution is 2.26. The molecule has 0 saturated heterocycles. The third kappa shape index (κ3) is 2.74. The van der Waals surface area contributed by atoms with Crippen LogP contribution < -0.4 is 5.32 Å². The van der Waals surface area contributed by atoms with Gasteiger partial charge in [-0.05, 0) is 30.7 Å². The average Bonchev–Trinajstić information content (AvgIpc) is 3.22. The van der Waals surface area contributed by atoms with E-state index in [-0.39, 0.29) is 11.9 Å². The molecule has 1 amide bonds. The number of amides is 1. The first-order chi connectivity index (χ1) is 12.1. The Bertz CT molecular complexity index is 1050. The Hall–Kier alpha value is -3.55. The molecule has 0 aliphatic heterocycles. The van der Waals surface area contributed by atoms with Crippen LogP contribution in [0.25, 0.3) is 16.9 Å². The second-order valence-electron chi connectivity index (χ2n) is 5.80. The Morgan fingerprint density at radius 2 is 1.84 bits per heavy atom. The van der Waals surface area contributed by atoms with Crippen LogP contribution in [-0.4, -0.2) is 35.9 Å². The number of hydrogen-bond donors (Lipinski definition) is 2. The largest absolute Gasteiger partial charge is 0.295 e. The summed E-state index contributed by atoms with van der Waals surface area (Å²) in [5.74, 6) is -0.238. The summed E-state index contributed by atoms with van der Waals surface area (Å²) in [4.78, 5) is 17.5. The number of tetrazole rings is 1. The fourth-order valence-corrected chi connectivity index (χ4v) is 2.66. The van der Waals surface area contributed by atoms with Gasteiger partial charge in [-0.25, -0.2) is 4.98 Å². The molecule has 2 N–H and O–H groups in total. The Morgan fingerprint density at radius 1 is 1.08 bits per heavy atom. The van der Waals surface area contributed by atoms with Crippen LogP contribution in [-0.2, 0) is 0 Å². The number of aryl methyl sites for hydroxylation is 2. The molecule has 8 heteroatoms. The SMILES string of the molecule is Cc1ccc(-c2nc3ccc(C)cn3c2C(=O)Nc2nn[nH]n2)cc1. The summed E-state index contributed by atoms with van der Waals surface area (Å²) < 4.78 is 1.78. The number of aromatic amines is 1. The fourth-order valence-electron chi connectivity index (χ4n) is 2.66. The third-order valence-corrected chi connectivity index (χ3v) is 3.88. The summed E-state index contributed by atoms with van der Waals surface area (Å²) >= 11 is 0. The van der Waals surface area contributed by atoms with Crippen molar-refractivity contribution in [1.82, 2.24) is 30.0 Å². The number of benzene rings is 1. The smallest absolute Gasteiger partial charge is 0.277 e. The number of hydrogen-bond acceptors (Lipinski definition) is 5. The van der Waals surface area contributed by atoms with Crippen LogP contribution in [0.15, 0.2) is 42.6 Å². The van der Waals surface area contributed by atoms with Gasteiger partial charge in [-0.3, -0.25) is 14.5 Å². The number of nitrogens with one attached hydrogen (secondary N) is 2. The van der Waals surface area contributed by atoms with E-state index in [9.17, 15) is 4.79 Å². The zero-order valence-corrected chi connectivity index (χ0v) is 13.7. The van der Waals surface area contributed by atoms with E-state index < -0.39 is 0 Å². The van der Waals surface area contributed by atoms with Gasteiger partial charge >= 0.3 is 0 Å². The highest BCUT2D eigenvalue weighted by Gasteiger charge is 2.21. The van der Waals surface area contributed by atoms with Crippen molar-refractivity contribution in [3.63, 3.8) is 0 Å². The molecule has 0 bridgehead atoms. The number of imidazole rings is 1. The van der Waals surface area contributed by atoms with Crippen molar-refractivity contribution in [2.45, 2.75) is 13.8 Å². The maximum absolute atomic E-state index is 12.9. The van der Waals surface area contributed by atoms with Crippen LogP contribution in [0.4, 0.5) is 5.95 Å². The second-order valence-corrected chi connectivity index (χ2v) is 5.80. The number of carbonyl (C=O) groups excluding carboxylic acids is 1. The minimum Gasteiger partial charge on any atom is -0.295 e. The Kier molecular flexibility index (Phi) is 3.50. The standard InChI is InChI=1S/C17H15N7O/c1-10-3-6-12(7-4-10)14-15(16(25)19-17-20-22-23-21-17)24-9-11(2)5-8-13(24)18-14/h3-9H,1-2H3,(H2,19,20,21,22,23,25). The predicted octanol–water partition coefficient (Wildman–Crippen LogP) is 2.38. The van der Waals surface area contributed by atoms with Gasteiger partial charge in [0.1, 0.15) is 17.0 Å².